The zero-order valence-corrected chi connectivity index (χ0v) is 29.6. The average molecular weight is 679 g/mol. The van der Waals surface area contributed by atoms with Crippen molar-refractivity contribution < 1.29 is 9.52 Å². The summed E-state index contributed by atoms with van der Waals surface area (Å²) >= 11 is 0. The highest BCUT2D eigenvalue weighted by molar-refractivity contribution is 5.89. The van der Waals surface area contributed by atoms with E-state index in [0.717, 1.165) is 89.3 Å². The van der Waals surface area contributed by atoms with Gasteiger partial charge in [-0.1, -0.05) is 31.2 Å². The molecule has 3 aromatic heterocycles. The molecule has 51 heavy (non-hydrogen) atoms. The Bertz CT molecular complexity index is 2330. The van der Waals surface area contributed by atoms with Crippen LogP contribution in [0.2, 0.25) is 0 Å². The molecule has 0 radical (unpaired) electrons. The number of likely N-dealkylation sites (tertiary alicyclic amines) is 2. The summed E-state index contributed by atoms with van der Waals surface area (Å²) in [6.45, 7) is 13.6. The maximum absolute atomic E-state index is 10.0. The fraction of sp³-hybridized carbons (Fsp3) is 0.341. The summed E-state index contributed by atoms with van der Waals surface area (Å²) in [7, 11) is 0. The molecule has 2 atom stereocenters. The quantitative estimate of drug-likeness (QED) is 0.168. The van der Waals surface area contributed by atoms with Crippen molar-refractivity contribution in [1.82, 2.24) is 29.7 Å². The fourth-order valence-corrected chi connectivity index (χ4v) is 7.72. The Labute approximate surface area is 297 Å². The van der Waals surface area contributed by atoms with Gasteiger partial charge in [0, 0.05) is 50.2 Å². The number of nitrogens with zero attached hydrogens (tertiary/aromatic N) is 7. The van der Waals surface area contributed by atoms with E-state index in [1.54, 1.807) is 0 Å². The van der Waals surface area contributed by atoms with Gasteiger partial charge in [-0.25, -0.2) is 15.0 Å². The number of aromatic nitrogens is 4. The molecule has 2 aliphatic heterocycles. The summed E-state index contributed by atoms with van der Waals surface area (Å²) in [4.78, 5) is 23.9. The Morgan fingerprint density at radius 3 is 2.35 bits per heavy atom. The summed E-state index contributed by atoms with van der Waals surface area (Å²) in [6, 6.07) is 20.8. The number of nitriles is 1. The standard InChI is InChI=1S/C41H42N8O2/c1-24-11-13-48(20-24)21-28-15-30(18-42)39-37(16-28)47-41(51-39)34-9-5-7-32(25(34)2)33-8-6-10-35(26(33)3)46-40-38-36(44-27(4)45-40)17-29(19-43-38)22-49-14-12-31(50)23-49/h5-10,15-17,19,24,31,50H,11-14,20-23H2,1-4H3,(H,44,45,46)/t24-,31-/m1/s1. The highest BCUT2D eigenvalue weighted by atomic mass is 16.3. The van der Waals surface area contributed by atoms with E-state index in [9.17, 15) is 10.4 Å². The maximum atomic E-state index is 10.0. The Morgan fingerprint density at radius 2 is 1.59 bits per heavy atom. The second kappa shape index (κ2) is 13.5. The molecule has 0 aliphatic carbocycles. The highest BCUT2D eigenvalue weighted by Crippen LogP contribution is 2.38. The van der Waals surface area contributed by atoms with Crippen molar-refractivity contribution >= 4 is 33.6 Å². The number of aryl methyl sites for hydroxylation is 1. The number of aliphatic hydroxyl groups excluding tert-OH is 1. The monoisotopic (exact) mass is 678 g/mol. The van der Waals surface area contributed by atoms with Gasteiger partial charge in [0.1, 0.15) is 22.9 Å². The molecule has 5 heterocycles. The molecule has 0 saturated carbocycles. The number of benzene rings is 3. The van der Waals surface area contributed by atoms with Crippen molar-refractivity contribution in [2.45, 2.75) is 59.7 Å². The number of anilines is 2. The molecule has 0 bridgehead atoms. The zero-order chi connectivity index (χ0) is 35.2. The lowest BCUT2D eigenvalue weighted by molar-refractivity contribution is 0.175. The predicted octanol–water partition coefficient (Wildman–Crippen LogP) is 7.45. The Morgan fingerprint density at radius 1 is 0.863 bits per heavy atom. The summed E-state index contributed by atoms with van der Waals surface area (Å²) in [5.74, 6) is 2.52. The van der Waals surface area contributed by atoms with Crippen LogP contribution in [-0.2, 0) is 13.1 Å². The Kier molecular flexibility index (Phi) is 8.72. The minimum absolute atomic E-state index is 0.259. The van der Waals surface area contributed by atoms with Crippen LogP contribution in [0, 0.1) is 38.0 Å². The molecule has 2 aliphatic rings. The largest absolute Gasteiger partial charge is 0.435 e. The Hall–Kier alpha value is -5.21. The first-order chi connectivity index (χ1) is 24.7. The van der Waals surface area contributed by atoms with Gasteiger partial charge in [-0.3, -0.25) is 14.8 Å². The molecule has 8 rings (SSSR count). The lowest BCUT2D eigenvalue weighted by atomic mass is 9.93. The molecule has 0 amide bonds. The fourth-order valence-electron chi connectivity index (χ4n) is 7.72. The normalized spacial score (nSPS) is 18.2. The molecule has 258 valence electrons. The number of aliphatic hydroxyl groups is 1. The summed E-state index contributed by atoms with van der Waals surface area (Å²) in [6.07, 6.45) is 3.63. The van der Waals surface area contributed by atoms with Gasteiger partial charge in [-0.15, -0.1) is 0 Å². The minimum Gasteiger partial charge on any atom is -0.435 e. The second-order valence-corrected chi connectivity index (χ2v) is 14.3. The molecule has 0 spiro atoms. The number of nitrogens with one attached hydrogen (secondary N) is 1. The first kappa shape index (κ1) is 33.0. The van der Waals surface area contributed by atoms with Crippen molar-refractivity contribution in [1.29, 1.82) is 5.26 Å². The van der Waals surface area contributed by atoms with E-state index in [1.165, 1.54) is 6.42 Å². The minimum atomic E-state index is -0.259. The van der Waals surface area contributed by atoms with Gasteiger partial charge in [-0.2, -0.15) is 5.26 Å². The summed E-state index contributed by atoms with van der Waals surface area (Å²) in [5, 5.41) is 23.5. The summed E-state index contributed by atoms with van der Waals surface area (Å²) < 4.78 is 6.33. The highest BCUT2D eigenvalue weighted by Gasteiger charge is 2.23. The Balaban J connectivity index is 1.09. The van der Waals surface area contributed by atoms with E-state index in [1.807, 2.05) is 37.4 Å². The molecule has 6 aromatic rings. The molecular weight excluding hydrogens is 637 g/mol. The third kappa shape index (κ3) is 6.56. The van der Waals surface area contributed by atoms with Gasteiger partial charge in [0.25, 0.3) is 0 Å². The van der Waals surface area contributed by atoms with Crippen molar-refractivity contribution in [2.24, 2.45) is 5.92 Å². The van der Waals surface area contributed by atoms with Gasteiger partial charge in [0.05, 0.1) is 17.2 Å². The number of fused-ring (bicyclic) bond motifs is 2. The van der Waals surface area contributed by atoms with E-state index in [4.69, 9.17) is 24.4 Å². The molecule has 2 fully saturated rings. The van der Waals surface area contributed by atoms with Gasteiger partial charge < -0.3 is 14.8 Å². The third-order valence-corrected chi connectivity index (χ3v) is 10.4. The number of pyridine rings is 1. The van der Waals surface area contributed by atoms with Crippen molar-refractivity contribution in [3.05, 3.63) is 94.4 Å². The lowest BCUT2D eigenvalue weighted by Gasteiger charge is -2.17. The van der Waals surface area contributed by atoms with Gasteiger partial charge in [-0.05, 0) is 110 Å². The van der Waals surface area contributed by atoms with Crippen molar-refractivity contribution in [3.63, 3.8) is 0 Å². The van der Waals surface area contributed by atoms with Crippen LogP contribution < -0.4 is 5.32 Å². The molecule has 10 nitrogen and oxygen atoms in total. The number of hydrogen-bond acceptors (Lipinski definition) is 10. The number of β-amino-alcohol motifs (C(OH)–C–C–N with tert-alkyl or cyclic N) is 1. The van der Waals surface area contributed by atoms with Crippen LogP contribution in [0.3, 0.4) is 0 Å². The van der Waals surface area contributed by atoms with Crippen LogP contribution >= 0.6 is 0 Å². The van der Waals surface area contributed by atoms with E-state index >= 15 is 0 Å². The van der Waals surface area contributed by atoms with Gasteiger partial charge >= 0.3 is 0 Å². The molecule has 3 aromatic carbocycles. The number of oxazole rings is 1. The van der Waals surface area contributed by atoms with Crippen LogP contribution in [0.25, 0.3) is 44.7 Å². The van der Waals surface area contributed by atoms with E-state index in [-0.39, 0.29) is 6.10 Å². The van der Waals surface area contributed by atoms with E-state index in [0.29, 0.717) is 52.2 Å². The van der Waals surface area contributed by atoms with Crippen molar-refractivity contribution in [2.75, 3.05) is 31.5 Å². The zero-order valence-electron chi connectivity index (χ0n) is 29.6. The molecule has 10 heteroatoms. The first-order valence-electron chi connectivity index (χ1n) is 17.8. The molecule has 0 unspecified atom stereocenters. The van der Waals surface area contributed by atoms with Crippen molar-refractivity contribution in [3.8, 4) is 28.7 Å². The molecule has 2 N–H and O–H groups in total. The topological polar surface area (TPSA) is 127 Å². The predicted molar refractivity (Wildman–Crippen MR) is 199 cm³/mol. The average Bonchev–Trinajstić information content (AvgIpc) is 3.84. The number of hydrogen-bond donors (Lipinski definition) is 2. The summed E-state index contributed by atoms with van der Waals surface area (Å²) in [5.41, 5.74) is 11.5. The van der Waals surface area contributed by atoms with Gasteiger partial charge in [0.2, 0.25) is 5.89 Å². The van der Waals surface area contributed by atoms with Crippen LogP contribution in [0.1, 0.15) is 53.4 Å². The van der Waals surface area contributed by atoms with E-state index < -0.39 is 0 Å². The molecule has 2 saturated heterocycles. The van der Waals surface area contributed by atoms with Crippen LogP contribution in [0.4, 0.5) is 11.5 Å². The lowest BCUT2D eigenvalue weighted by Crippen LogP contribution is -2.21. The van der Waals surface area contributed by atoms with Crippen LogP contribution in [-0.4, -0.2) is 67.1 Å². The SMILES string of the molecule is Cc1nc(Nc2cccc(-c3cccc(-c4nc5cc(CN6CC[C@@H](C)C6)cc(C#N)c5o4)c3C)c2C)c2ncc(CN3CC[C@@H](O)C3)cc2n1. The van der Waals surface area contributed by atoms with Crippen LogP contribution in [0.5, 0.6) is 0 Å². The first-order valence-corrected chi connectivity index (χ1v) is 17.8. The number of rotatable bonds is 8. The van der Waals surface area contributed by atoms with Crippen LogP contribution in [0.15, 0.2) is 65.2 Å². The van der Waals surface area contributed by atoms with Gasteiger partial charge in [0.15, 0.2) is 11.4 Å². The van der Waals surface area contributed by atoms with E-state index in [2.05, 4.69) is 72.3 Å². The smallest absolute Gasteiger partial charge is 0.227 e. The molecular formula is C41H42N8O2. The third-order valence-electron chi connectivity index (χ3n) is 10.4. The second-order valence-electron chi connectivity index (χ2n) is 14.3. The maximum Gasteiger partial charge on any atom is 0.227 e.